The number of carbonyl (C=O) groups is 2. The number of hydrogen-bond donors (Lipinski definition) is 1. The molecule has 7 nitrogen and oxygen atoms in total. The highest BCUT2D eigenvalue weighted by Gasteiger charge is 2.48. The maximum Gasteiger partial charge on any atom is 0.501 e. The van der Waals surface area contributed by atoms with Crippen LogP contribution in [0.4, 0.5) is 29.3 Å². The van der Waals surface area contributed by atoms with Crippen LogP contribution < -0.4 is 10.2 Å². The zero-order valence-corrected chi connectivity index (χ0v) is 21.1. The summed E-state index contributed by atoms with van der Waals surface area (Å²) in [5.41, 5.74) is -4.80. The summed E-state index contributed by atoms with van der Waals surface area (Å²) < 4.78 is 62.8. The predicted octanol–water partition coefficient (Wildman–Crippen LogP) is 5.98. The Balaban J connectivity index is 1.45. The SMILES string of the molecule is O=C(Nc1ccc(CN2CCN(c3c(Cl)cccc3Cl)C2=O)cc1)c1ccccc1S(=O)(=O)C(F)(F)F. The summed E-state index contributed by atoms with van der Waals surface area (Å²) in [6, 6.07) is 15.0. The van der Waals surface area contributed by atoms with E-state index in [2.05, 4.69) is 5.32 Å². The fourth-order valence-electron chi connectivity index (χ4n) is 3.81. The van der Waals surface area contributed by atoms with Crippen molar-refractivity contribution in [3.8, 4) is 0 Å². The number of alkyl halides is 3. The van der Waals surface area contributed by atoms with E-state index in [1.807, 2.05) is 0 Å². The van der Waals surface area contributed by atoms with Crippen LogP contribution in [0.15, 0.2) is 71.6 Å². The van der Waals surface area contributed by atoms with E-state index in [0.717, 1.165) is 23.8 Å². The average Bonchev–Trinajstić information content (AvgIpc) is 3.19. The lowest BCUT2D eigenvalue weighted by Gasteiger charge is -2.20. The molecule has 37 heavy (non-hydrogen) atoms. The second-order valence-corrected chi connectivity index (χ2v) is 10.7. The number of rotatable bonds is 6. The zero-order chi connectivity index (χ0) is 27.0. The van der Waals surface area contributed by atoms with Crippen molar-refractivity contribution in [2.45, 2.75) is 16.9 Å². The fourth-order valence-corrected chi connectivity index (χ4v) is 5.37. The minimum atomic E-state index is -5.72. The third kappa shape index (κ3) is 5.39. The summed E-state index contributed by atoms with van der Waals surface area (Å²) in [7, 11) is -5.72. The van der Waals surface area contributed by atoms with Gasteiger partial charge in [0.1, 0.15) is 0 Å². The number of halogens is 5. The first kappa shape index (κ1) is 26.8. The maximum absolute atomic E-state index is 13.0. The first-order chi connectivity index (χ1) is 17.4. The van der Waals surface area contributed by atoms with Gasteiger partial charge in [0, 0.05) is 25.3 Å². The maximum atomic E-state index is 13.0. The van der Waals surface area contributed by atoms with Crippen LogP contribution in [0.5, 0.6) is 0 Å². The van der Waals surface area contributed by atoms with Gasteiger partial charge in [0.25, 0.3) is 15.7 Å². The summed E-state index contributed by atoms with van der Waals surface area (Å²) in [5.74, 6) is -1.02. The van der Waals surface area contributed by atoms with Crippen LogP contribution in [0.1, 0.15) is 15.9 Å². The molecule has 3 amide bonds. The van der Waals surface area contributed by atoms with Crippen molar-refractivity contribution < 1.29 is 31.2 Å². The Bertz CT molecular complexity index is 1440. The molecule has 1 saturated heterocycles. The number of para-hydroxylation sites is 1. The molecule has 194 valence electrons. The van der Waals surface area contributed by atoms with Gasteiger partial charge < -0.3 is 10.2 Å². The van der Waals surface area contributed by atoms with E-state index < -0.39 is 31.7 Å². The zero-order valence-electron chi connectivity index (χ0n) is 18.8. The second kappa shape index (κ2) is 10.2. The Hall–Kier alpha value is -3.28. The quantitative estimate of drug-likeness (QED) is 0.394. The van der Waals surface area contributed by atoms with E-state index >= 15 is 0 Å². The smallest absolute Gasteiger partial charge is 0.322 e. The lowest BCUT2D eigenvalue weighted by molar-refractivity contribution is -0.0436. The molecule has 0 atom stereocenters. The Morgan fingerprint density at radius 3 is 2.16 bits per heavy atom. The Morgan fingerprint density at radius 1 is 0.919 bits per heavy atom. The van der Waals surface area contributed by atoms with Crippen molar-refractivity contribution >= 4 is 56.4 Å². The van der Waals surface area contributed by atoms with Gasteiger partial charge in [-0.25, -0.2) is 13.2 Å². The van der Waals surface area contributed by atoms with Gasteiger partial charge in [-0.15, -0.1) is 0 Å². The minimum Gasteiger partial charge on any atom is -0.322 e. The third-order valence-electron chi connectivity index (χ3n) is 5.61. The highest BCUT2D eigenvalue weighted by atomic mass is 35.5. The highest BCUT2D eigenvalue weighted by Crippen LogP contribution is 2.36. The molecule has 0 aromatic heterocycles. The summed E-state index contributed by atoms with van der Waals surface area (Å²) >= 11 is 12.4. The first-order valence-electron chi connectivity index (χ1n) is 10.7. The summed E-state index contributed by atoms with van der Waals surface area (Å²) in [4.78, 5) is 27.5. The topological polar surface area (TPSA) is 86.8 Å². The van der Waals surface area contributed by atoms with Crippen LogP contribution in [0, 0.1) is 0 Å². The molecule has 1 heterocycles. The van der Waals surface area contributed by atoms with Gasteiger partial charge in [-0.2, -0.15) is 13.2 Å². The van der Waals surface area contributed by atoms with Crippen molar-refractivity contribution in [1.82, 2.24) is 4.90 Å². The van der Waals surface area contributed by atoms with Crippen molar-refractivity contribution in [2.24, 2.45) is 0 Å². The molecule has 4 rings (SSSR count). The average molecular weight is 572 g/mol. The molecular formula is C24H18Cl2F3N3O4S. The molecular weight excluding hydrogens is 554 g/mol. The second-order valence-electron chi connectivity index (χ2n) is 8.02. The molecule has 0 radical (unpaired) electrons. The highest BCUT2D eigenvalue weighted by molar-refractivity contribution is 7.92. The van der Waals surface area contributed by atoms with Gasteiger partial charge >= 0.3 is 11.5 Å². The number of nitrogens with zero attached hydrogens (tertiary/aromatic N) is 2. The van der Waals surface area contributed by atoms with E-state index in [0.29, 0.717) is 28.8 Å². The normalized spacial score (nSPS) is 14.2. The van der Waals surface area contributed by atoms with E-state index in [1.165, 1.54) is 23.1 Å². The van der Waals surface area contributed by atoms with E-state index in [1.54, 1.807) is 35.2 Å². The molecule has 0 aliphatic carbocycles. The van der Waals surface area contributed by atoms with Crippen LogP contribution in [0.3, 0.4) is 0 Å². The molecule has 3 aromatic rings. The van der Waals surface area contributed by atoms with Crippen LogP contribution in [0.25, 0.3) is 0 Å². The number of hydrogen-bond acceptors (Lipinski definition) is 4. The van der Waals surface area contributed by atoms with Gasteiger partial charge in [-0.1, -0.05) is 53.5 Å². The lowest BCUT2D eigenvalue weighted by Crippen LogP contribution is -2.31. The van der Waals surface area contributed by atoms with E-state index in [9.17, 15) is 31.2 Å². The largest absolute Gasteiger partial charge is 0.501 e. The van der Waals surface area contributed by atoms with E-state index in [4.69, 9.17) is 23.2 Å². The van der Waals surface area contributed by atoms with Crippen molar-refractivity contribution in [2.75, 3.05) is 23.3 Å². The predicted molar refractivity (Wildman–Crippen MR) is 134 cm³/mol. The number of sulfone groups is 1. The monoisotopic (exact) mass is 571 g/mol. The van der Waals surface area contributed by atoms with Crippen LogP contribution >= 0.6 is 23.2 Å². The van der Waals surface area contributed by atoms with Gasteiger partial charge in [0.2, 0.25) is 0 Å². The van der Waals surface area contributed by atoms with Crippen molar-refractivity contribution in [3.63, 3.8) is 0 Å². The number of anilines is 2. The molecule has 0 spiro atoms. The number of benzene rings is 3. The van der Waals surface area contributed by atoms with Crippen LogP contribution in [-0.2, 0) is 16.4 Å². The lowest BCUT2D eigenvalue weighted by atomic mass is 10.1. The third-order valence-corrected chi connectivity index (χ3v) is 7.77. The summed E-state index contributed by atoms with van der Waals surface area (Å²) in [5, 5.41) is 3.11. The van der Waals surface area contributed by atoms with Gasteiger partial charge in [-0.05, 0) is 42.0 Å². The summed E-state index contributed by atoms with van der Waals surface area (Å²) in [6.07, 6.45) is 0. The molecule has 1 aliphatic rings. The van der Waals surface area contributed by atoms with Crippen LogP contribution in [-0.4, -0.2) is 43.9 Å². The Morgan fingerprint density at radius 2 is 1.54 bits per heavy atom. The number of urea groups is 1. The number of carbonyl (C=O) groups excluding carboxylic acids is 2. The molecule has 3 aromatic carbocycles. The van der Waals surface area contributed by atoms with E-state index in [-0.39, 0.29) is 18.3 Å². The fraction of sp³-hybridized carbons (Fsp3) is 0.167. The van der Waals surface area contributed by atoms with Crippen molar-refractivity contribution in [3.05, 3.63) is 87.9 Å². The summed E-state index contributed by atoms with van der Waals surface area (Å²) in [6.45, 7) is 1.05. The molecule has 0 saturated carbocycles. The van der Waals surface area contributed by atoms with Crippen molar-refractivity contribution in [1.29, 1.82) is 0 Å². The molecule has 0 unspecified atom stereocenters. The van der Waals surface area contributed by atoms with Gasteiger partial charge in [-0.3, -0.25) is 9.69 Å². The van der Waals surface area contributed by atoms with Gasteiger partial charge in [0.05, 0.1) is 26.2 Å². The Kier molecular flexibility index (Phi) is 7.40. The molecule has 0 bridgehead atoms. The molecule has 1 aliphatic heterocycles. The Labute approximate surface area is 220 Å². The number of amides is 3. The molecule has 1 N–H and O–H groups in total. The molecule has 1 fully saturated rings. The first-order valence-corrected chi connectivity index (χ1v) is 12.9. The standard InChI is InChI=1S/C24H18Cl2F3N3O4S/c25-18-5-3-6-19(26)21(18)32-13-12-31(23(32)34)14-15-8-10-16(11-9-15)30-22(33)17-4-1-2-7-20(17)37(35,36)24(27,28)29/h1-11H,12-14H2,(H,30,33). The molecule has 13 heteroatoms. The van der Waals surface area contributed by atoms with Gasteiger partial charge in [0.15, 0.2) is 0 Å². The van der Waals surface area contributed by atoms with Crippen LogP contribution in [0.2, 0.25) is 10.0 Å². The minimum absolute atomic E-state index is 0.227. The number of nitrogens with one attached hydrogen (secondary N) is 1.